The van der Waals surface area contributed by atoms with Gasteiger partial charge in [-0.2, -0.15) is 0 Å². The highest BCUT2D eigenvalue weighted by molar-refractivity contribution is 8.16. The summed E-state index contributed by atoms with van der Waals surface area (Å²) in [5, 5.41) is 19.0. The molecule has 2 heterocycles. The van der Waals surface area contributed by atoms with E-state index < -0.39 is 4.75 Å². The third-order valence-corrected chi connectivity index (χ3v) is 3.85. The van der Waals surface area contributed by atoms with Crippen molar-refractivity contribution in [3.05, 3.63) is 0 Å². The van der Waals surface area contributed by atoms with Gasteiger partial charge in [0.05, 0.1) is 26.6 Å². The maximum Gasteiger partial charge on any atom is 0.251 e. The van der Waals surface area contributed by atoms with E-state index in [1.54, 1.807) is 0 Å². The molecule has 0 aliphatic carbocycles. The van der Waals surface area contributed by atoms with Crippen molar-refractivity contribution in [2.45, 2.75) is 4.75 Å². The molecule has 0 aromatic heterocycles. The van der Waals surface area contributed by atoms with Crippen LogP contribution >= 0.6 is 11.8 Å². The quantitative estimate of drug-likeness (QED) is 0.605. The van der Waals surface area contributed by atoms with Gasteiger partial charge in [0.1, 0.15) is 4.75 Å². The number of carbonyl (C=O) groups excluding carboxylic acids is 1. The van der Waals surface area contributed by atoms with Crippen LogP contribution in [0.3, 0.4) is 0 Å². The van der Waals surface area contributed by atoms with Gasteiger partial charge in [0.25, 0.3) is 5.91 Å². The predicted molar refractivity (Wildman–Crippen MR) is 56.3 cm³/mol. The number of aliphatic hydroxyl groups is 2. The Kier molecular flexibility index (Phi) is 2.72. The van der Waals surface area contributed by atoms with Crippen molar-refractivity contribution in [3.63, 3.8) is 0 Å². The highest BCUT2D eigenvalue weighted by atomic mass is 32.2. The maximum absolute atomic E-state index is 11.9. The molecule has 0 atom stereocenters. The van der Waals surface area contributed by atoms with Gasteiger partial charge in [-0.25, -0.2) is 4.99 Å². The fraction of sp³-hybridized carbons (Fsp3) is 0.750. The predicted octanol–water partition coefficient (Wildman–Crippen LogP) is -1.50. The lowest BCUT2D eigenvalue weighted by atomic mass is 10.1. The Morgan fingerprint density at radius 2 is 2.20 bits per heavy atom. The summed E-state index contributed by atoms with van der Waals surface area (Å²) in [6, 6.07) is 0. The van der Waals surface area contributed by atoms with Gasteiger partial charge in [-0.1, -0.05) is 11.8 Å². The minimum Gasteiger partial charge on any atom is -0.394 e. The summed E-state index contributed by atoms with van der Waals surface area (Å²) < 4.78 is -1.13. The minimum absolute atomic E-state index is 0.261. The molecule has 1 saturated heterocycles. The first-order chi connectivity index (χ1) is 7.13. The number of aliphatic hydroxyl groups excluding tert-OH is 2. The second-order valence-electron chi connectivity index (χ2n) is 3.73. The van der Waals surface area contributed by atoms with E-state index >= 15 is 0 Å². The number of carbonyl (C=O) groups is 1. The third-order valence-electron chi connectivity index (χ3n) is 2.49. The number of aliphatic imine (C=N–C) groups is 1. The third kappa shape index (κ3) is 1.55. The van der Waals surface area contributed by atoms with Crippen LogP contribution in [-0.2, 0) is 4.79 Å². The van der Waals surface area contributed by atoms with Gasteiger partial charge in [0.15, 0.2) is 5.17 Å². The van der Waals surface area contributed by atoms with Crippen LogP contribution in [0.1, 0.15) is 0 Å². The lowest BCUT2D eigenvalue weighted by Crippen LogP contribution is -2.49. The van der Waals surface area contributed by atoms with Crippen molar-refractivity contribution in [2.75, 3.05) is 33.6 Å². The SMILES string of the molecule is CN1CN=C2SC(CO)(CO)C(=O)N2C1. The van der Waals surface area contributed by atoms with Crippen molar-refractivity contribution in [1.82, 2.24) is 9.80 Å². The van der Waals surface area contributed by atoms with E-state index in [0.29, 0.717) is 18.5 Å². The summed E-state index contributed by atoms with van der Waals surface area (Å²) in [5.74, 6) is -0.261. The molecule has 1 amide bonds. The first-order valence-electron chi connectivity index (χ1n) is 4.58. The molecular weight excluding hydrogens is 218 g/mol. The number of thioether (sulfide) groups is 1. The second kappa shape index (κ2) is 3.75. The number of fused-ring (bicyclic) bond motifs is 1. The summed E-state index contributed by atoms with van der Waals surface area (Å²) in [6.45, 7) is 0.268. The Hall–Kier alpha value is -0.630. The van der Waals surface area contributed by atoms with E-state index in [0.717, 1.165) is 11.8 Å². The van der Waals surface area contributed by atoms with E-state index in [9.17, 15) is 15.0 Å². The van der Waals surface area contributed by atoms with Crippen molar-refractivity contribution in [2.24, 2.45) is 4.99 Å². The molecule has 0 aromatic rings. The van der Waals surface area contributed by atoms with Crippen LogP contribution in [0.4, 0.5) is 0 Å². The van der Waals surface area contributed by atoms with E-state index in [4.69, 9.17) is 0 Å². The Balaban J connectivity index is 2.29. The van der Waals surface area contributed by atoms with Gasteiger partial charge in [-0.15, -0.1) is 0 Å². The summed E-state index contributed by atoms with van der Waals surface area (Å²) in [7, 11) is 1.86. The van der Waals surface area contributed by atoms with Gasteiger partial charge in [0, 0.05) is 0 Å². The molecular formula is C8H13N3O3S. The number of nitrogens with zero attached hydrogens (tertiary/aromatic N) is 3. The van der Waals surface area contributed by atoms with Crippen LogP contribution in [0.5, 0.6) is 0 Å². The number of amidine groups is 1. The molecule has 0 radical (unpaired) electrons. The monoisotopic (exact) mass is 231 g/mol. The van der Waals surface area contributed by atoms with Crippen LogP contribution in [0.15, 0.2) is 4.99 Å². The topological polar surface area (TPSA) is 76.4 Å². The summed E-state index contributed by atoms with van der Waals surface area (Å²) in [4.78, 5) is 19.5. The normalized spacial score (nSPS) is 25.4. The smallest absolute Gasteiger partial charge is 0.251 e. The van der Waals surface area contributed by atoms with Gasteiger partial charge < -0.3 is 10.2 Å². The molecule has 2 rings (SSSR count). The summed E-state index contributed by atoms with van der Waals surface area (Å²) in [6.07, 6.45) is 0. The zero-order valence-corrected chi connectivity index (χ0v) is 9.20. The van der Waals surface area contributed by atoms with E-state index in [-0.39, 0.29) is 19.1 Å². The highest BCUT2D eigenvalue weighted by Gasteiger charge is 2.51. The lowest BCUT2D eigenvalue weighted by Gasteiger charge is -2.27. The largest absolute Gasteiger partial charge is 0.394 e. The first kappa shape index (κ1) is 10.9. The fourth-order valence-electron chi connectivity index (χ4n) is 1.57. The molecule has 7 heteroatoms. The Bertz CT molecular complexity index is 316. The average molecular weight is 231 g/mol. The molecule has 0 aromatic carbocycles. The zero-order valence-electron chi connectivity index (χ0n) is 8.38. The average Bonchev–Trinajstić information content (AvgIpc) is 2.53. The van der Waals surface area contributed by atoms with Crippen LogP contribution in [0, 0.1) is 0 Å². The highest BCUT2D eigenvalue weighted by Crippen LogP contribution is 2.38. The Labute approximate surface area is 91.6 Å². The maximum atomic E-state index is 11.9. The molecule has 6 nitrogen and oxygen atoms in total. The van der Waals surface area contributed by atoms with Crippen LogP contribution in [0.2, 0.25) is 0 Å². The van der Waals surface area contributed by atoms with Gasteiger partial charge in [-0.05, 0) is 7.05 Å². The van der Waals surface area contributed by atoms with E-state index in [2.05, 4.69) is 4.99 Å². The minimum atomic E-state index is -1.13. The molecule has 2 N–H and O–H groups in total. The number of hydrogen-bond donors (Lipinski definition) is 2. The fourth-order valence-corrected chi connectivity index (χ4v) is 2.62. The standard InChI is InChI=1S/C8H13N3O3S/c1-10-4-9-7-11(5-10)6(14)8(2-12,3-13)15-7/h12-13H,2-5H2,1H3. The summed E-state index contributed by atoms with van der Waals surface area (Å²) in [5.41, 5.74) is 0. The molecule has 2 aliphatic heterocycles. The zero-order chi connectivity index (χ0) is 11.1. The van der Waals surface area contributed by atoms with Crippen LogP contribution in [-0.4, -0.2) is 69.4 Å². The Morgan fingerprint density at radius 1 is 1.53 bits per heavy atom. The van der Waals surface area contributed by atoms with Gasteiger partial charge >= 0.3 is 0 Å². The molecule has 0 spiro atoms. The Morgan fingerprint density at radius 3 is 2.80 bits per heavy atom. The van der Waals surface area contributed by atoms with Gasteiger partial charge in [0.2, 0.25) is 0 Å². The van der Waals surface area contributed by atoms with Crippen molar-refractivity contribution >= 4 is 22.8 Å². The molecule has 1 fully saturated rings. The summed E-state index contributed by atoms with van der Waals surface area (Å²) >= 11 is 1.15. The van der Waals surface area contributed by atoms with E-state index in [1.165, 1.54) is 4.90 Å². The van der Waals surface area contributed by atoms with Crippen molar-refractivity contribution < 1.29 is 15.0 Å². The van der Waals surface area contributed by atoms with Gasteiger partial charge in [-0.3, -0.25) is 14.6 Å². The van der Waals surface area contributed by atoms with E-state index in [1.807, 2.05) is 11.9 Å². The van der Waals surface area contributed by atoms with Crippen molar-refractivity contribution in [3.8, 4) is 0 Å². The lowest BCUT2D eigenvalue weighted by molar-refractivity contribution is -0.132. The molecule has 2 aliphatic rings. The molecule has 15 heavy (non-hydrogen) atoms. The molecule has 0 bridgehead atoms. The molecule has 0 unspecified atom stereocenters. The molecule has 0 saturated carbocycles. The van der Waals surface area contributed by atoms with Crippen LogP contribution in [0.25, 0.3) is 0 Å². The second-order valence-corrected chi connectivity index (χ2v) is 5.08. The first-order valence-corrected chi connectivity index (χ1v) is 5.40. The van der Waals surface area contributed by atoms with Crippen molar-refractivity contribution in [1.29, 1.82) is 0 Å². The number of hydrogen-bond acceptors (Lipinski definition) is 6. The number of rotatable bonds is 2. The number of amides is 1. The molecule has 84 valence electrons. The van der Waals surface area contributed by atoms with Crippen LogP contribution < -0.4 is 0 Å².